The van der Waals surface area contributed by atoms with E-state index in [4.69, 9.17) is 5.73 Å². The molecule has 76 valence electrons. The van der Waals surface area contributed by atoms with Crippen LogP contribution < -0.4 is 5.73 Å². The number of benzene rings is 1. The van der Waals surface area contributed by atoms with E-state index in [2.05, 4.69) is 4.98 Å². The van der Waals surface area contributed by atoms with Crippen LogP contribution in [0.1, 0.15) is 22.7 Å². The van der Waals surface area contributed by atoms with Crippen molar-refractivity contribution in [1.82, 2.24) is 4.98 Å². The van der Waals surface area contributed by atoms with Crippen molar-refractivity contribution in [3.8, 4) is 0 Å². The van der Waals surface area contributed by atoms with Gasteiger partial charge in [-0.15, -0.1) is 0 Å². The van der Waals surface area contributed by atoms with Gasteiger partial charge in [-0.25, -0.2) is 0 Å². The third kappa shape index (κ3) is 2.05. The number of hydrogen-bond donors (Lipinski definition) is 1. The van der Waals surface area contributed by atoms with Gasteiger partial charge >= 0.3 is 0 Å². The van der Waals surface area contributed by atoms with Gasteiger partial charge in [-0.05, 0) is 29.7 Å². The van der Waals surface area contributed by atoms with E-state index in [1.807, 2.05) is 49.5 Å². The van der Waals surface area contributed by atoms with Gasteiger partial charge in [0.2, 0.25) is 0 Å². The average Bonchev–Trinajstić information content (AvgIpc) is 2.30. The minimum Gasteiger partial charge on any atom is -0.320 e. The molecule has 2 heteroatoms. The van der Waals surface area contributed by atoms with E-state index in [0.717, 1.165) is 16.7 Å². The van der Waals surface area contributed by atoms with Crippen LogP contribution in [-0.4, -0.2) is 4.98 Å². The molecule has 0 saturated carbocycles. The van der Waals surface area contributed by atoms with Gasteiger partial charge in [0.05, 0.1) is 6.04 Å². The Morgan fingerprint density at radius 1 is 1.13 bits per heavy atom. The minimum absolute atomic E-state index is 0.0609. The van der Waals surface area contributed by atoms with Gasteiger partial charge in [-0.2, -0.15) is 0 Å². The molecule has 1 atom stereocenters. The van der Waals surface area contributed by atoms with Crippen molar-refractivity contribution in [1.29, 1.82) is 0 Å². The van der Waals surface area contributed by atoms with Crippen molar-refractivity contribution < 1.29 is 0 Å². The molecule has 1 aromatic carbocycles. The molecule has 1 heterocycles. The lowest BCUT2D eigenvalue weighted by Gasteiger charge is -2.14. The van der Waals surface area contributed by atoms with Crippen molar-refractivity contribution in [2.45, 2.75) is 13.0 Å². The number of aryl methyl sites for hydroxylation is 1. The molecule has 2 aromatic rings. The SMILES string of the molecule is Cc1cnccc1C(N)c1ccccc1. The Bertz CT molecular complexity index is 437. The first kappa shape index (κ1) is 9.87. The van der Waals surface area contributed by atoms with Gasteiger partial charge in [-0.3, -0.25) is 4.98 Å². The van der Waals surface area contributed by atoms with Crippen LogP contribution in [0.4, 0.5) is 0 Å². The largest absolute Gasteiger partial charge is 0.320 e. The second-order valence-corrected chi connectivity index (χ2v) is 3.62. The van der Waals surface area contributed by atoms with E-state index in [0.29, 0.717) is 0 Å². The molecule has 0 aliphatic carbocycles. The molecular weight excluding hydrogens is 184 g/mol. The summed E-state index contributed by atoms with van der Waals surface area (Å²) in [7, 11) is 0. The zero-order valence-corrected chi connectivity index (χ0v) is 8.72. The summed E-state index contributed by atoms with van der Waals surface area (Å²) in [5.74, 6) is 0. The van der Waals surface area contributed by atoms with E-state index < -0.39 is 0 Å². The van der Waals surface area contributed by atoms with Crippen molar-refractivity contribution >= 4 is 0 Å². The Balaban J connectivity index is 2.37. The summed E-state index contributed by atoms with van der Waals surface area (Å²) in [6, 6.07) is 12.0. The summed E-state index contributed by atoms with van der Waals surface area (Å²) in [5, 5.41) is 0. The highest BCUT2D eigenvalue weighted by Gasteiger charge is 2.09. The first-order valence-corrected chi connectivity index (χ1v) is 5.00. The van der Waals surface area contributed by atoms with Gasteiger partial charge in [0.1, 0.15) is 0 Å². The second kappa shape index (κ2) is 4.24. The molecule has 0 fully saturated rings. The topological polar surface area (TPSA) is 38.9 Å². The first-order chi connectivity index (χ1) is 7.29. The fraction of sp³-hybridized carbons (Fsp3) is 0.154. The molecule has 2 N–H and O–H groups in total. The molecule has 1 aromatic heterocycles. The normalized spacial score (nSPS) is 12.4. The quantitative estimate of drug-likeness (QED) is 0.805. The van der Waals surface area contributed by atoms with Crippen LogP contribution in [-0.2, 0) is 0 Å². The maximum absolute atomic E-state index is 6.19. The Hall–Kier alpha value is -1.67. The Morgan fingerprint density at radius 2 is 1.87 bits per heavy atom. The molecule has 0 amide bonds. The number of nitrogens with two attached hydrogens (primary N) is 1. The lowest BCUT2D eigenvalue weighted by atomic mass is 9.97. The molecule has 2 rings (SSSR count). The third-order valence-electron chi connectivity index (χ3n) is 2.56. The fourth-order valence-electron chi connectivity index (χ4n) is 1.67. The van der Waals surface area contributed by atoms with Gasteiger partial charge in [0, 0.05) is 12.4 Å². The van der Waals surface area contributed by atoms with E-state index >= 15 is 0 Å². The molecule has 0 bridgehead atoms. The molecule has 0 aliphatic rings. The summed E-state index contributed by atoms with van der Waals surface area (Å²) < 4.78 is 0. The van der Waals surface area contributed by atoms with Crippen LogP contribution in [0.5, 0.6) is 0 Å². The van der Waals surface area contributed by atoms with Crippen LogP contribution in [0.3, 0.4) is 0 Å². The van der Waals surface area contributed by atoms with Crippen LogP contribution in [0.15, 0.2) is 48.8 Å². The van der Waals surface area contributed by atoms with Crippen molar-refractivity contribution in [2.24, 2.45) is 5.73 Å². The Labute approximate surface area is 89.8 Å². The number of hydrogen-bond acceptors (Lipinski definition) is 2. The van der Waals surface area contributed by atoms with Crippen molar-refractivity contribution in [3.63, 3.8) is 0 Å². The molecule has 2 nitrogen and oxygen atoms in total. The lowest BCUT2D eigenvalue weighted by molar-refractivity contribution is 0.857. The first-order valence-electron chi connectivity index (χ1n) is 5.00. The van der Waals surface area contributed by atoms with Crippen molar-refractivity contribution in [2.75, 3.05) is 0 Å². The van der Waals surface area contributed by atoms with Gasteiger partial charge in [-0.1, -0.05) is 30.3 Å². The van der Waals surface area contributed by atoms with Crippen LogP contribution in [0.25, 0.3) is 0 Å². The Kier molecular flexibility index (Phi) is 2.79. The maximum atomic E-state index is 6.19. The summed E-state index contributed by atoms with van der Waals surface area (Å²) in [6.45, 7) is 2.03. The minimum atomic E-state index is -0.0609. The lowest BCUT2D eigenvalue weighted by Crippen LogP contribution is -2.13. The second-order valence-electron chi connectivity index (χ2n) is 3.62. The molecule has 0 spiro atoms. The molecule has 15 heavy (non-hydrogen) atoms. The summed E-state index contributed by atoms with van der Waals surface area (Å²) >= 11 is 0. The van der Waals surface area contributed by atoms with Crippen molar-refractivity contribution in [3.05, 3.63) is 65.5 Å². The zero-order chi connectivity index (χ0) is 10.7. The van der Waals surface area contributed by atoms with Crippen LogP contribution in [0.2, 0.25) is 0 Å². The molecule has 1 unspecified atom stereocenters. The van der Waals surface area contributed by atoms with E-state index in [9.17, 15) is 0 Å². The fourth-order valence-corrected chi connectivity index (χ4v) is 1.67. The predicted octanol–water partition coefficient (Wildman–Crippen LogP) is 2.44. The molecule has 0 aliphatic heterocycles. The predicted molar refractivity (Wildman–Crippen MR) is 61.4 cm³/mol. The van der Waals surface area contributed by atoms with E-state index in [1.54, 1.807) is 6.20 Å². The monoisotopic (exact) mass is 198 g/mol. The number of rotatable bonds is 2. The van der Waals surface area contributed by atoms with E-state index in [1.165, 1.54) is 0 Å². The van der Waals surface area contributed by atoms with Gasteiger partial charge < -0.3 is 5.73 Å². The maximum Gasteiger partial charge on any atom is 0.0555 e. The van der Waals surface area contributed by atoms with E-state index in [-0.39, 0.29) is 6.04 Å². The average molecular weight is 198 g/mol. The molecule has 0 saturated heterocycles. The van der Waals surface area contributed by atoms with Crippen LogP contribution in [0, 0.1) is 6.92 Å². The summed E-state index contributed by atoms with van der Waals surface area (Å²) in [5.41, 5.74) is 9.59. The smallest absolute Gasteiger partial charge is 0.0555 e. The zero-order valence-electron chi connectivity index (χ0n) is 8.72. The summed E-state index contributed by atoms with van der Waals surface area (Å²) in [6.07, 6.45) is 3.63. The molecular formula is C13H14N2. The Morgan fingerprint density at radius 3 is 2.53 bits per heavy atom. The van der Waals surface area contributed by atoms with Crippen LogP contribution >= 0.6 is 0 Å². The standard InChI is InChI=1S/C13H14N2/c1-10-9-15-8-7-12(10)13(14)11-5-3-2-4-6-11/h2-9,13H,14H2,1H3. The number of aromatic nitrogens is 1. The number of nitrogens with zero attached hydrogens (tertiary/aromatic N) is 1. The highest BCUT2D eigenvalue weighted by atomic mass is 14.7. The van der Waals surface area contributed by atoms with Gasteiger partial charge in [0.25, 0.3) is 0 Å². The third-order valence-corrected chi connectivity index (χ3v) is 2.56. The molecule has 0 radical (unpaired) electrons. The number of pyridine rings is 1. The highest BCUT2D eigenvalue weighted by molar-refractivity contribution is 5.34. The highest BCUT2D eigenvalue weighted by Crippen LogP contribution is 2.21. The van der Waals surface area contributed by atoms with Gasteiger partial charge in [0.15, 0.2) is 0 Å². The summed E-state index contributed by atoms with van der Waals surface area (Å²) in [4.78, 5) is 4.07.